The molecule has 8 nitrogen and oxygen atoms in total. The molecule has 1 fully saturated rings. The summed E-state index contributed by atoms with van der Waals surface area (Å²) >= 11 is 0. The van der Waals surface area contributed by atoms with E-state index >= 15 is 0 Å². The lowest BCUT2D eigenvalue weighted by atomic mass is 10.3. The van der Waals surface area contributed by atoms with Gasteiger partial charge in [-0.05, 0) is 19.1 Å². The maximum Gasteiger partial charge on any atom is 0.409 e. The average molecular weight is 358 g/mol. The van der Waals surface area contributed by atoms with E-state index in [1.54, 1.807) is 11.9 Å². The first-order valence-electron chi connectivity index (χ1n) is 9.01. The van der Waals surface area contributed by atoms with E-state index in [4.69, 9.17) is 4.74 Å². The Morgan fingerprint density at radius 1 is 1.27 bits per heavy atom. The first-order chi connectivity index (χ1) is 12.7. The quantitative estimate of drug-likeness (QED) is 0.657. The lowest BCUT2D eigenvalue weighted by Gasteiger charge is -2.35. The zero-order chi connectivity index (χ0) is 18.4. The number of pyridine rings is 1. The Morgan fingerprint density at radius 2 is 2.04 bits per heavy atom. The molecule has 0 radical (unpaired) electrons. The highest BCUT2D eigenvalue weighted by Crippen LogP contribution is 2.06. The van der Waals surface area contributed by atoms with Gasteiger partial charge in [-0.15, -0.1) is 0 Å². The molecule has 140 valence electrons. The Labute approximate surface area is 153 Å². The molecule has 3 heterocycles. The Balaban J connectivity index is 1.47. The molecule has 0 aliphatic carbocycles. The largest absolute Gasteiger partial charge is 0.450 e. The highest BCUT2D eigenvalue weighted by molar-refractivity contribution is 5.80. The Bertz CT molecular complexity index is 731. The van der Waals surface area contributed by atoms with Crippen LogP contribution in [0.25, 0.3) is 5.65 Å². The predicted molar refractivity (Wildman–Crippen MR) is 100 cm³/mol. The maximum absolute atomic E-state index is 11.8. The molecule has 0 spiro atoms. The molecule has 1 saturated heterocycles. The predicted octanol–water partition coefficient (Wildman–Crippen LogP) is 1.23. The molecule has 0 atom stereocenters. The molecule has 1 aliphatic rings. The number of imidazole rings is 1. The van der Waals surface area contributed by atoms with Crippen molar-refractivity contribution in [3.63, 3.8) is 0 Å². The minimum absolute atomic E-state index is 0.234. The number of fused-ring (bicyclic) bond motifs is 1. The van der Waals surface area contributed by atoms with Crippen molar-refractivity contribution in [3.05, 3.63) is 36.3 Å². The van der Waals surface area contributed by atoms with Gasteiger partial charge in [0.25, 0.3) is 0 Å². The number of rotatable bonds is 4. The first kappa shape index (κ1) is 18.0. The topological polar surface area (TPSA) is 74.5 Å². The fraction of sp³-hybridized carbons (Fsp3) is 0.500. The number of aromatic nitrogens is 2. The van der Waals surface area contributed by atoms with Crippen LogP contribution in [0, 0.1) is 0 Å². The van der Waals surface area contributed by atoms with E-state index in [0.717, 1.165) is 43.4 Å². The van der Waals surface area contributed by atoms with E-state index in [1.165, 1.54) is 0 Å². The summed E-state index contributed by atoms with van der Waals surface area (Å²) in [5.41, 5.74) is 2.01. The minimum Gasteiger partial charge on any atom is -0.450 e. The van der Waals surface area contributed by atoms with Gasteiger partial charge in [0.2, 0.25) is 0 Å². The highest BCUT2D eigenvalue weighted by atomic mass is 16.6. The second kappa shape index (κ2) is 8.55. The minimum atomic E-state index is -0.234. The zero-order valence-corrected chi connectivity index (χ0v) is 15.4. The van der Waals surface area contributed by atoms with Crippen LogP contribution in [0.1, 0.15) is 12.6 Å². The van der Waals surface area contributed by atoms with Gasteiger partial charge in [0, 0.05) is 58.6 Å². The van der Waals surface area contributed by atoms with E-state index in [9.17, 15) is 4.79 Å². The van der Waals surface area contributed by atoms with Gasteiger partial charge in [0.1, 0.15) is 5.65 Å². The number of nitrogens with zero attached hydrogens (tertiary/aromatic N) is 5. The Morgan fingerprint density at radius 3 is 2.73 bits per heavy atom. The number of nitrogens with one attached hydrogen (secondary N) is 1. The average Bonchev–Trinajstić information content (AvgIpc) is 3.08. The van der Waals surface area contributed by atoms with E-state index in [0.29, 0.717) is 19.7 Å². The van der Waals surface area contributed by atoms with Gasteiger partial charge in [-0.1, -0.05) is 6.07 Å². The molecule has 0 bridgehead atoms. The van der Waals surface area contributed by atoms with Crippen molar-refractivity contribution in [2.45, 2.75) is 13.3 Å². The summed E-state index contributed by atoms with van der Waals surface area (Å²) in [6.45, 7) is 5.76. The molecule has 0 saturated carbocycles. The van der Waals surface area contributed by atoms with Crippen molar-refractivity contribution in [2.24, 2.45) is 4.99 Å². The van der Waals surface area contributed by atoms with Gasteiger partial charge in [-0.2, -0.15) is 0 Å². The van der Waals surface area contributed by atoms with Crippen molar-refractivity contribution < 1.29 is 9.53 Å². The summed E-state index contributed by atoms with van der Waals surface area (Å²) < 4.78 is 7.08. The van der Waals surface area contributed by atoms with Gasteiger partial charge < -0.3 is 24.3 Å². The van der Waals surface area contributed by atoms with Crippen LogP contribution in [-0.4, -0.2) is 77.6 Å². The standard InChI is InChI=1S/C18H26N6O2/c1-3-26-18(25)23-12-10-22(11-13-23)17(19-2)20-8-7-15-14-24-9-5-4-6-16(24)21-15/h4-6,9,14H,3,7-8,10-13H2,1-2H3,(H,19,20). The molecular weight excluding hydrogens is 332 g/mol. The molecule has 0 aromatic carbocycles. The third-order valence-corrected chi connectivity index (χ3v) is 4.40. The van der Waals surface area contributed by atoms with Crippen molar-refractivity contribution >= 4 is 17.7 Å². The van der Waals surface area contributed by atoms with E-state index < -0.39 is 0 Å². The van der Waals surface area contributed by atoms with Crippen molar-refractivity contribution in [1.29, 1.82) is 0 Å². The smallest absolute Gasteiger partial charge is 0.409 e. The van der Waals surface area contributed by atoms with Crippen LogP contribution in [-0.2, 0) is 11.2 Å². The van der Waals surface area contributed by atoms with Gasteiger partial charge in [0.05, 0.1) is 12.3 Å². The molecule has 2 aromatic rings. The van der Waals surface area contributed by atoms with Crippen LogP contribution in [0.3, 0.4) is 0 Å². The van der Waals surface area contributed by atoms with Gasteiger partial charge in [-0.3, -0.25) is 4.99 Å². The number of carbonyl (C=O) groups is 1. The fourth-order valence-electron chi connectivity index (χ4n) is 3.06. The van der Waals surface area contributed by atoms with E-state index in [-0.39, 0.29) is 6.09 Å². The van der Waals surface area contributed by atoms with Crippen LogP contribution in [0.2, 0.25) is 0 Å². The maximum atomic E-state index is 11.8. The lowest BCUT2D eigenvalue weighted by molar-refractivity contribution is 0.0915. The number of amides is 1. The molecule has 8 heteroatoms. The van der Waals surface area contributed by atoms with Crippen LogP contribution < -0.4 is 5.32 Å². The molecule has 1 N–H and O–H groups in total. The van der Waals surface area contributed by atoms with Crippen LogP contribution in [0.4, 0.5) is 4.79 Å². The van der Waals surface area contributed by atoms with E-state index in [2.05, 4.69) is 26.4 Å². The molecule has 0 unspecified atom stereocenters. The monoisotopic (exact) mass is 358 g/mol. The fourth-order valence-corrected chi connectivity index (χ4v) is 3.06. The summed E-state index contributed by atoms with van der Waals surface area (Å²) in [5, 5.41) is 3.39. The second-order valence-corrected chi connectivity index (χ2v) is 6.10. The summed E-state index contributed by atoms with van der Waals surface area (Å²) in [7, 11) is 1.78. The molecule has 1 aliphatic heterocycles. The number of piperazine rings is 1. The van der Waals surface area contributed by atoms with E-state index in [1.807, 2.05) is 35.7 Å². The lowest BCUT2D eigenvalue weighted by Crippen LogP contribution is -2.54. The molecule has 26 heavy (non-hydrogen) atoms. The summed E-state index contributed by atoms with van der Waals surface area (Å²) in [4.78, 5) is 24.7. The third kappa shape index (κ3) is 4.25. The number of carbonyl (C=O) groups excluding carboxylic acids is 1. The Hall–Kier alpha value is -2.77. The highest BCUT2D eigenvalue weighted by Gasteiger charge is 2.23. The van der Waals surface area contributed by atoms with Crippen molar-refractivity contribution in [1.82, 2.24) is 24.5 Å². The number of ether oxygens (including phenoxy) is 1. The van der Waals surface area contributed by atoms with Gasteiger partial charge >= 0.3 is 6.09 Å². The zero-order valence-electron chi connectivity index (χ0n) is 15.4. The summed E-state index contributed by atoms with van der Waals surface area (Å²) in [6.07, 6.45) is 4.64. The van der Waals surface area contributed by atoms with Crippen LogP contribution in [0.5, 0.6) is 0 Å². The second-order valence-electron chi connectivity index (χ2n) is 6.10. The summed E-state index contributed by atoms with van der Waals surface area (Å²) in [5.74, 6) is 0.859. The van der Waals surface area contributed by atoms with Crippen molar-refractivity contribution in [2.75, 3.05) is 46.4 Å². The molecule has 2 aromatic heterocycles. The van der Waals surface area contributed by atoms with Crippen molar-refractivity contribution in [3.8, 4) is 0 Å². The number of hydrogen-bond acceptors (Lipinski definition) is 4. The van der Waals surface area contributed by atoms with Crippen LogP contribution in [0.15, 0.2) is 35.6 Å². The molecular formula is C18H26N6O2. The third-order valence-electron chi connectivity index (χ3n) is 4.40. The van der Waals surface area contributed by atoms with Gasteiger partial charge in [-0.25, -0.2) is 9.78 Å². The number of aliphatic imine (C=N–C) groups is 1. The number of guanidine groups is 1. The van der Waals surface area contributed by atoms with Gasteiger partial charge in [0.15, 0.2) is 5.96 Å². The summed E-state index contributed by atoms with van der Waals surface area (Å²) in [6, 6.07) is 5.98. The Kier molecular flexibility index (Phi) is 5.93. The normalized spacial score (nSPS) is 15.4. The molecule has 3 rings (SSSR count). The number of hydrogen-bond donors (Lipinski definition) is 1. The van der Waals surface area contributed by atoms with Crippen LogP contribution >= 0.6 is 0 Å². The molecule has 1 amide bonds. The first-order valence-corrected chi connectivity index (χ1v) is 9.01. The SMILES string of the molecule is CCOC(=O)N1CCN(C(=NC)NCCc2cn3ccccc3n2)CC1.